The molecule has 0 unspecified atom stereocenters. The summed E-state index contributed by atoms with van der Waals surface area (Å²) in [6, 6.07) is 3.94. The Morgan fingerprint density at radius 2 is 2.11 bits per heavy atom. The van der Waals surface area contributed by atoms with Crippen LogP contribution in [0.1, 0.15) is 16.3 Å². The molecule has 0 atom stereocenters. The zero-order valence-corrected chi connectivity index (χ0v) is 12.2. The molecule has 1 heterocycles. The second kappa shape index (κ2) is 5.73. The molecule has 0 saturated carbocycles. The number of hydrogen-bond acceptors (Lipinski definition) is 3. The van der Waals surface area contributed by atoms with Gasteiger partial charge in [0.2, 0.25) is 0 Å². The molecular formula is C12H9ClF3NS2. The number of nitrogens with zero attached hydrogens (tertiary/aromatic N) is 1. The largest absolute Gasteiger partial charge is 0.417 e. The number of thioether (sulfide) groups is 1. The molecule has 0 N–H and O–H groups in total. The molecule has 2 rings (SSSR count). The van der Waals surface area contributed by atoms with Crippen LogP contribution in [0.5, 0.6) is 0 Å². The highest BCUT2D eigenvalue weighted by Gasteiger charge is 2.33. The smallest absolute Gasteiger partial charge is 0.246 e. The van der Waals surface area contributed by atoms with E-state index in [9.17, 15) is 13.2 Å². The average Bonchev–Trinajstić information content (AvgIpc) is 2.72. The predicted molar refractivity (Wildman–Crippen MR) is 72.9 cm³/mol. The van der Waals surface area contributed by atoms with Crippen LogP contribution in [0.3, 0.4) is 0 Å². The van der Waals surface area contributed by atoms with E-state index in [1.165, 1.54) is 29.2 Å². The van der Waals surface area contributed by atoms with Crippen LogP contribution in [0.25, 0.3) is 0 Å². The Balaban J connectivity index is 2.13. The molecule has 7 heteroatoms. The Morgan fingerprint density at radius 1 is 1.37 bits per heavy atom. The summed E-state index contributed by atoms with van der Waals surface area (Å²) in [6.45, 7) is 1.89. The molecule has 0 spiro atoms. The van der Waals surface area contributed by atoms with Gasteiger partial charge in [-0.05, 0) is 25.1 Å². The summed E-state index contributed by atoms with van der Waals surface area (Å²) in [5, 5.41) is 2.58. The molecule has 0 radical (unpaired) electrons. The first-order chi connectivity index (χ1) is 8.86. The van der Waals surface area contributed by atoms with Crippen molar-refractivity contribution in [3.63, 3.8) is 0 Å². The number of benzene rings is 1. The summed E-state index contributed by atoms with van der Waals surface area (Å²) in [5.41, 5.74) is 0.0737. The SMILES string of the molecule is Cc1nc(CSc2ccc(Cl)c(C(F)(F)F)c2)cs1. The van der Waals surface area contributed by atoms with E-state index in [2.05, 4.69) is 4.98 Å². The fourth-order valence-electron chi connectivity index (χ4n) is 1.44. The van der Waals surface area contributed by atoms with Gasteiger partial charge in [-0.1, -0.05) is 11.6 Å². The highest BCUT2D eigenvalue weighted by molar-refractivity contribution is 7.98. The van der Waals surface area contributed by atoms with Crippen LogP contribution in [0, 0.1) is 6.92 Å². The second-order valence-corrected chi connectivity index (χ2v) is 6.30. The van der Waals surface area contributed by atoms with Gasteiger partial charge >= 0.3 is 6.18 Å². The van der Waals surface area contributed by atoms with Crippen LogP contribution in [0.2, 0.25) is 5.02 Å². The van der Waals surface area contributed by atoms with Gasteiger partial charge in [-0.25, -0.2) is 4.98 Å². The van der Waals surface area contributed by atoms with Crippen molar-refractivity contribution >= 4 is 34.7 Å². The predicted octanol–water partition coefficient (Wildman–Crippen LogP) is 5.42. The lowest BCUT2D eigenvalue weighted by Gasteiger charge is -2.10. The normalized spacial score (nSPS) is 11.8. The molecule has 2 aromatic rings. The third-order valence-electron chi connectivity index (χ3n) is 2.30. The van der Waals surface area contributed by atoms with Gasteiger partial charge in [0.05, 0.1) is 21.3 Å². The van der Waals surface area contributed by atoms with Crippen LogP contribution < -0.4 is 0 Å². The van der Waals surface area contributed by atoms with Gasteiger partial charge in [0, 0.05) is 16.0 Å². The van der Waals surface area contributed by atoms with Crippen molar-refractivity contribution in [2.24, 2.45) is 0 Å². The van der Waals surface area contributed by atoms with Gasteiger partial charge in [0.1, 0.15) is 0 Å². The van der Waals surface area contributed by atoms with E-state index in [0.29, 0.717) is 10.6 Å². The highest BCUT2D eigenvalue weighted by Crippen LogP contribution is 2.37. The van der Waals surface area contributed by atoms with E-state index in [0.717, 1.165) is 16.8 Å². The Morgan fingerprint density at radius 3 is 2.68 bits per heavy atom. The topological polar surface area (TPSA) is 12.9 Å². The maximum absolute atomic E-state index is 12.7. The second-order valence-electron chi connectivity index (χ2n) is 3.79. The number of thiazole rings is 1. The fourth-order valence-corrected chi connectivity index (χ4v) is 3.21. The monoisotopic (exact) mass is 323 g/mol. The zero-order chi connectivity index (χ0) is 14.0. The molecule has 0 amide bonds. The lowest BCUT2D eigenvalue weighted by Crippen LogP contribution is -2.05. The van der Waals surface area contributed by atoms with Crippen molar-refractivity contribution in [3.8, 4) is 0 Å². The molecular weight excluding hydrogens is 315 g/mol. The van der Waals surface area contributed by atoms with Gasteiger partial charge in [0.15, 0.2) is 0 Å². The first-order valence-electron chi connectivity index (χ1n) is 5.27. The van der Waals surface area contributed by atoms with Crippen LogP contribution in [-0.4, -0.2) is 4.98 Å². The van der Waals surface area contributed by atoms with Crippen LogP contribution in [0.4, 0.5) is 13.2 Å². The highest BCUT2D eigenvalue weighted by atomic mass is 35.5. The molecule has 0 bridgehead atoms. The minimum atomic E-state index is -4.43. The molecule has 0 aliphatic heterocycles. The molecule has 1 aromatic carbocycles. The quantitative estimate of drug-likeness (QED) is 0.700. The van der Waals surface area contributed by atoms with Gasteiger partial charge in [-0.2, -0.15) is 13.2 Å². The van der Waals surface area contributed by atoms with Gasteiger partial charge in [-0.15, -0.1) is 23.1 Å². The first kappa shape index (κ1) is 14.7. The molecule has 0 aliphatic rings. The Labute approximate surface area is 121 Å². The molecule has 0 fully saturated rings. The van der Waals surface area contributed by atoms with Crippen molar-refractivity contribution in [1.29, 1.82) is 0 Å². The summed E-state index contributed by atoms with van der Waals surface area (Å²) >= 11 is 8.40. The van der Waals surface area contributed by atoms with Crippen molar-refractivity contribution in [2.75, 3.05) is 0 Å². The molecule has 102 valence electrons. The Hall–Kier alpha value is -0.720. The summed E-state index contributed by atoms with van der Waals surface area (Å²) in [5.74, 6) is 0.545. The van der Waals surface area contributed by atoms with Crippen molar-refractivity contribution in [1.82, 2.24) is 4.98 Å². The van der Waals surface area contributed by atoms with Crippen molar-refractivity contribution in [3.05, 3.63) is 44.9 Å². The number of aryl methyl sites for hydroxylation is 1. The van der Waals surface area contributed by atoms with E-state index >= 15 is 0 Å². The Bertz CT molecular complexity index is 581. The fraction of sp³-hybridized carbons (Fsp3) is 0.250. The molecule has 1 aromatic heterocycles. The van der Waals surface area contributed by atoms with Crippen molar-refractivity contribution in [2.45, 2.75) is 23.7 Å². The van der Waals surface area contributed by atoms with Crippen LogP contribution >= 0.6 is 34.7 Å². The third kappa shape index (κ3) is 3.87. The minimum Gasteiger partial charge on any atom is -0.246 e. The van der Waals surface area contributed by atoms with Gasteiger partial charge in [0.25, 0.3) is 0 Å². The molecule has 19 heavy (non-hydrogen) atoms. The Kier molecular flexibility index (Phi) is 4.43. The van der Waals surface area contributed by atoms with Crippen LogP contribution in [0.15, 0.2) is 28.5 Å². The lowest BCUT2D eigenvalue weighted by molar-refractivity contribution is -0.137. The van der Waals surface area contributed by atoms with Gasteiger partial charge in [-0.3, -0.25) is 0 Å². The molecule has 1 nitrogen and oxygen atoms in total. The standard InChI is InChI=1S/C12H9ClF3NS2/c1-7-17-8(5-18-7)6-19-9-2-3-11(13)10(4-9)12(14,15)16/h2-5H,6H2,1H3. The number of aromatic nitrogens is 1. The molecule has 0 saturated heterocycles. The van der Waals surface area contributed by atoms with E-state index in [1.54, 1.807) is 6.07 Å². The maximum Gasteiger partial charge on any atom is 0.417 e. The third-order valence-corrected chi connectivity index (χ3v) is 4.48. The first-order valence-corrected chi connectivity index (χ1v) is 7.51. The lowest BCUT2D eigenvalue weighted by atomic mass is 10.2. The van der Waals surface area contributed by atoms with E-state index in [1.807, 2.05) is 12.3 Å². The molecule has 0 aliphatic carbocycles. The van der Waals surface area contributed by atoms with Crippen molar-refractivity contribution < 1.29 is 13.2 Å². The number of halogens is 4. The number of hydrogen-bond donors (Lipinski definition) is 0. The maximum atomic E-state index is 12.7. The van der Waals surface area contributed by atoms with Gasteiger partial charge < -0.3 is 0 Å². The summed E-state index contributed by atoms with van der Waals surface area (Å²) in [6.07, 6.45) is -4.43. The minimum absolute atomic E-state index is 0.277. The summed E-state index contributed by atoms with van der Waals surface area (Å²) < 4.78 is 38.1. The van der Waals surface area contributed by atoms with E-state index < -0.39 is 11.7 Å². The van der Waals surface area contributed by atoms with E-state index in [4.69, 9.17) is 11.6 Å². The summed E-state index contributed by atoms with van der Waals surface area (Å²) in [4.78, 5) is 4.79. The average molecular weight is 324 g/mol. The number of rotatable bonds is 3. The summed E-state index contributed by atoms with van der Waals surface area (Å²) in [7, 11) is 0. The zero-order valence-electron chi connectivity index (χ0n) is 9.79. The number of alkyl halides is 3. The van der Waals surface area contributed by atoms with Crippen LogP contribution in [-0.2, 0) is 11.9 Å². The van der Waals surface area contributed by atoms with E-state index in [-0.39, 0.29) is 5.02 Å².